The molecule has 0 bridgehead atoms. The summed E-state index contributed by atoms with van der Waals surface area (Å²) in [6, 6.07) is 27.7. The highest BCUT2D eigenvalue weighted by molar-refractivity contribution is 6.30. The van der Waals surface area contributed by atoms with Crippen LogP contribution in [-0.4, -0.2) is 15.7 Å². The van der Waals surface area contributed by atoms with Crippen LogP contribution in [0.2, 0.25) is 5.02 Å². The van der Waals surface area contributed by atoms with E-state index in [0.717, 1.165) is 33.9 Å². The first-order valence-corrected chi connectivity index (χ1v) is 9.87. The van der Waals surface area contributed by atoms with Crippen LogP contribution in [0.4, 0.5) is 5.82 Å². The van der Waals surface area contributed by atoms with Crippen LogP contribution in [0, 0.1) is 0 Å². The predicted octanol–water partition coefficient (Wildman–Crippen LogP) is 5.67. The molecule has 1 aliphatic rings. The third-order valence-corrected chi connectivity index (χ3v) is 5.49. The summed E-state index contributed by atoms with van der Waals surface area (Å²) in [4.78, 5) is 12.6. The van der Waals surface area contributed by atoms with Gasteiger partial charge in [-0.05, 0) is 29.8 Å². The monoisotopic (exact) mass is 399 g/mol. The van der Waals surface area contributed by atoms with Gasteiger partial charge in [-0.3, -0.25) is 4.79 Å². The first-order valence-electron chi connectivity index (χ1n) is 9.50. The number of nitrogens with one attached hydrogen (secondary N) is 1. The van der Waals surface area contributed by atoms with E-state index in [-0.39, 0.29) is 11.8 Å². The molecule has 0 radical (unpaired) electrons. The smallest absolute Gasteiger partial charge is 0.226 e. The molecule has 1 atom stereocenters. The molecule has 5 heteroatoms. The number of carbonyl (C=O) groups is 1. The van der Waals surface area contributed by atoms with Crippen molar-refractivity contribution in [3.8, 4) is 16.9 Å². The number of para-hydroxylation sites is 1. The molecular formula is C24H18ClN3O. The van der Waals surface area contributed by atoms with E-state index in [9.17, 15) is 4.79 Å². The largest absolute Gasteiger partial charge is 0.310 e. The maximum Gasteiger partial charge on any atom is 0.226 e. The van der Waals surface area contributed by atoms with Gasteiger partial charge in [0.05, 0.1) is 11.4 Å². The van der Waals surface area contributed by atoms with E-state index in [2.05, 4.69) is 5.32 Å². The number of hydrogen-bond acceptors (Lipinski definition) is 2. The Hall–Kier alpha value is -3.37. The molecule has 0 unspecified atom stereocenters. The van der Waals surface area contributed by atoms with E-state index in [4.69, 9.17) is 16.7 Å². The summed E-state index contributed by atoms with van der Waals surface area (Å²) in [6.07, 6.45) is 0.370. The van der Waals surface area contributed by atoms with E-state index in [1.54, 1.807) is 0 Å². The van der Waals surface area contributed by atoms with Gasteiger partial charge in [-0.1, -0.05) is 72.3 Å². The second kappa shape index (κ2) is 7.22. The molecule has 1 aromatic heterocycles. The van der Waals surface area contributed by atoms with Crippen LogP contribution in [0.1, 0.15) is 23.5 Å². The molecule has 29 heavy (non-hydrogen) atoms. The van der Waals surface area contributed by atoms with Crippen LogP contribution in [0.15, 0.2) is 84.9 Å². The molecule has 4 nitrogen and oxygen atoms in total. The fraction of sp³-hybridized carbons (Fsp3) is 0.0833. The van der Waals surface area contributed by atoms with Crippen LogP contribution in [0.25, 0.3) is 16.9 Å². The van der Waals surface area contributed by atoms with Crippen molar-refractivity contribution >= 4 is 23.3 Å². The predicted molar refractivity (Wildman–Crippen MR) is 116 cm³/mol. The summed E-state index contributed by atoms with van der Waals surface area (Å²) < 4.78 is 1.83. The first-order chi connectivity index (χ1) is 14.2. The van der Waals surface area contributed by atoms with Gasteiger partial charge in [0.1, 0.15) is 5.82 Å². The highest BCUT2D eigenvalue weighted by atomic mass is 35.5. The summed E-state index contributed by atoms with van der Waals surface area (Å²) >= 11 is 6.10. The van der Waals surface area contributed by atoms with Crippen molar-refractivity contribution in [2.75, 3.05) is 5.32 Å². The van der Waals surface area contributed by atoms with Crippen LogP contribution >= 0.6 is 11.6 Å². The lowest BCUT2D eigenvalue weighted by molar-refractivity contribution is -0.116. The zero-order chi connectivity index (χ0) is 19.8. The first kappa shape index (κ1) is 17.7. The minimum Gasteiger partial charge on any atom is -0.310 e. The van der Waals surface area contributed by atoms with E-state index in [1.165, 1.54) is 0 Å². The lowest BCUT2D eigenvalue weighted by Gasteiger charge is -2.25. The zero-order valence-electron chi connectivity index (χ0n) is 15.5. The summed E-state index contributed by atoms with van der Waals surface area (Å²) in [5.41, 5.74) is 4.89. The number of hydrogen-bond donors (Lipinski definition) is 1. The Morgan fingerprint density at radius 2 is 1.55 bits per heavy atom. The Morgan fingerprint density at radius 1 is 0.897 bits per heavy atom. The fourth-order valence-corrected chi connectivity index (χ4v) is 4.02. The maximum atomic E-state index is 12.6. The fourth-order valence-electron chi connectivity index (χ4n) is 3.90. The molecule has 4 aromatic rings. The van der Waals surface area contributed by atoms with E-state index < -0.39 is 0 Å². The van der Waals surface area contributed by atoms with Crippen LogP contribution in [0.5, 0.6) is 0 Å². The third-order valence-electron chi connectivity index (χ3n) is 5.24. The van der Waals surface area contributed by atoms with E-state index >= 15 is 0 Å². The molecule has 2 heterocycles. The molecule has 142 valence electrons. The molecule has 1 N–H and O–H groups in total. The standard InChI is InChI=1S/C24H18ClN3O/c25-18-13-11-16(12-14-18)20-15-21(29)26-24-22(20)23(17-7-3-1-4-8-17)27-28(24)19-9-5-2-6-10-19/h1-14,20H,15H2,(H,26,29)/t20-/m0/s1. The van der Waals surface area contributed by atoms with Gasteiger partial charge in [0, 0.05) is 28.5 Å². The second-order valence-corrected chi connectivity index (χ2v) is 7.52. The Kier molecular flexibility index (Phi) is 4.41. The van der Waals surface area contributed by atoms with Crippen molar-refractivity contribution in [3.05, 3.63) is 101 Å². The summed E-state index contributed by atoms with van der Waals surface area (Å²) in [5, 5.41) is 8.68. The van der Waals surface area contributed by atoms with Gasteiger partial charge in [0.15, 0.2) is 0 Å². The van der Waals surface area contributed by atoms with Gasteiger partial charge < -0.3 is 5.32 Å². The minimum absolute atomic E-state index is 0.0193. The molecule has 5 rings (SSSR count). The van der Waals surface area contributed by atoms with Gasteiger partial charge in [-0.25, -0.2) is 4.68 Å². The van der Waals surface area contributed by atoms with Gasteiger partial charge in [0.2, 0.25) is 5.91 Å². The lowest BCUT2D eigenvalue weighted by Crippen LogP contribution is -2.24. The lowest BCUT2D eigenvalue weighted by atomic mass is 9.84. The third kappa shape index (κ3) is 3.22. The molecule has 0 saturated heterocycles. The van der Waals surface area contributed by atoms with Crippen molar-refractivity contribution < 1.29 is 4.79 Å². The van der Waals surface area contributed by atoms with Gasteiger partial charge >= 0.3 is 0 Å². The highest BCUT2D eigenvalue weighted by Crippen LogP contribution is 2.44. The molecule has 1 aliphatic heterocycles. The number of rotatable bonds is 3. The van der Waals surface area contributed by atoms with Gasteiger partial charge in [-0.2, -0.15) is 5.10 Å². The SMILES string of the molecule is O=C1C[C@@H](c2ccc(Cl)cc2)c2c(-c3ccccc3)nn(-c3ccccc3)c2N1. The minimum atomic E-state index is -0.0938. The van der Waals surface area contributed by atoms with Gasteiger partial charge in [0.25, 0.3) is 0 Å². The average molecular weight is 400 g/mol. The quantitative estimate of drug-likeness (QED) is 0.482. The highest BCUT2D eigenvalue weighted by Gasteiger charge is 2.34. The molecular weight excluding hydrogens is 382 g/mol. The number of benzene rings is 3. The second-order valence-electron chi connectivity index (χ2n) is 7.08. The molecule has 0 aliphatic carbocycles. The Balaban J connectivity index is 1.77. The van der Waals surface area contributed by atoms with Crippen molar-refractivity contribution in [2.24, 2.45) is 0 Å². The molecule has 1 amide bonds. The number of amides is 1. The Morgan fingerprint density at radius 3 is 2.24 bits per heavy atom. The van der Waals surface area contributed by atoms with Crippen LogP contribution in [0.3, 0.4) is 0 Å². The Bertz CT molecular complexity index is 1170. The van der Waals surface area contributed by atoms with Crippen molar-refractivity contribution in [3.63, 3.8) is 0 Å². The summed E-state index contributed by atoms with van der Waals surface area (Å²) in [6.45, 7) is 0. The van der Waals surface area contributed by atoms with E-state index in [1.807, 2.05) is 89.6 Å². The van der Waals surface area contributed by atoms with Crippen LogP contribution in [-0.2, 0) is 4.79 Å². The van der Waals surface area contributed by atoms with Crippen LogP contribution < -0.4 is 5.32 Å². The molecule has 0 spiro atoms. The number of nitrogens with zero attached hydrogens (tertiary/aromatic N) is 2. The summed E-state index contributed by atoms with van der Waals surface area (Å²) in [5.74, 6) is 0.615. The zero-order valence-corrected chi connectivity index (χ0v) is 16.3. The topological polar surface area (TPSA) is 46.9 Å². The average Bonchev–Trinajstić information content (AvgIpc) is 3.14. The Labute approximate surface area is 173 Å². The van der Waals surface area contributed by atoms with Gasteiger partial charge in [-0.15, -0.1) is 0 Å². The van der Waals surface area contributed by atoms with Crippen molar-refractivity contribution in [2.45, 2.75) is 12.3 Å². The molecule has 0 fully saturated rings. The molecule has 0 saturated carbocycles. The summed E-state index contributed by atoms with van der Waals surface area (Å²) in [7, 11) is 0. The number of aromatic nitrogens is 2. The van der Waals surface area contributed by atoms with E-state index in [0.29, 0.717) is 11.4 Å². The number of fused-ring (bicyclic) bond motifs is 1. The van der Waals surface area contributed by atoms with Crippen molar-refractivity contribution in [1.82, 2.24) is 9.78 Å². The number of anilines is 1. The molecule has 3 aromatic carbocycles. The number of carbonyl (C=O) groups excluding carboxylic acids is 1. The van der Waals surface area contributed by atoms with Crippen molar-refractivity contribution in [1.29, 1.82) is 0 Å². The maximum absolute atomic E-state index is 12.6. The number of halogens is 1. The normalized spacial score (nSPS) is 15.6.